The van der Waals surface area contributed by atoms with Crippen molar-refractivity contribution >= 4 is 0 Å². The second-order valence-electron chi connectivity index (χ2n) is 6.69. The molecule has 3 nitrogen and oxygen atoms in total. The van der Waals surface area contributed by atoms with Crippen LogP contribution in [-0.4, -0.2) is 62.7 Å². The Bertz CT molecular complexity index is 248. The van der Waals surface area contributed by atoms with Gasteiger partial charge in [-0.3, -0.25) is 0 Å². The van der Waals surface area contributed by atoms with Gasteiger partial charge in [0.25, 0.3) is 0 Å². The van der Waals surface area contributed by atoms with E-state index in [1.165, 1.54) is 32.5 Å². The van der Waals surface area contributed by atoms with Crippen LogP contribution < -0.4 is 5.32 Å². The van der Waals surface area contributed by atoms with E-state index in [1.54, 1.807) is 0 Å². The van der Waals surface area contributed by atoms with E-state index in [0.717, 1.165) is 25.0 Å². The largest absolute Gasteiger partial charge is 0.316 e. The lowest BCUT2D eigenvalue weighted by molar-refractivity contribution is 0.147. The lowest BCUT2D eigenvalue weighted by atomic mass is 9.81. The molecule has 0 radical (unpaired) electrons. The Morgan fingerprint density at radius 3 is 2.21 bits per heavy atom. The molecule has 2 atom stereocenters. The summed E-state index contributed by atoms with van der Waals surface area (Å²) in [7, 11) is 4.44. The molecule has 1 N–H and O–H groups in total. The van der Waals surface area contributed by atoms with E-state index < -0.39 is 0 Å². The Labute approximate surface area is 120 Å². The Hall–Kier alpha value is -0.120. The minimum absolute atomic E-state index is 0.455. The first-order valence-electron chi connectivity index (χ1n) is 8.07. The number of likely N-dealkylation sites (N-methyl/N-ethyl adjacent to an activating group) is 1. The van der Waals surface area contributed by atoms with Crippen LogP contribution >= 0.6 is 0 Å². The summed E-state index contributed by atoms with van der Waals surface area (Å²) in [4.78, 5) is 5.09. The van der Waals surface area contributed by atoms with Gasteiger partial charge in [0.05, 0.1) is 0 Å². The SMILES string of the molecule is CCNCC(CC)(CC)CN1CC(C)C(N(C)C)C1. The number of hydrogen-bond donors (Lipinski definition) is 1. The van der Waals surface area contributed by atoms with Gasteiger partial charge in [-0.2, -0.15) is 0 Å². The van der Waals surface area contributed by atoms with Gasteiger partial charge in [0, 0.05) is 32.2 Å². The van der Waals surface area contributed by atoms with Gasteiger partial charge < -0.3 is 15.1 Å². The second kappa shape index (κ2) is 7.61. The molecule has 0 spiro atoms. The van der Waals surface area contributed by atoms with Crippen LogP contribution in [0.5, 0.6) is 0 Å². The number of likely N-dealkylation sites (tertiary alicyclic amines) is 1. The maximum atomic E-state index is 3.57. The quantitative estimate of drug-likeness (QED) is 0.729. The van der Waals surface area contributed by atoms with E-state index in [4.69, 9.17) is 0 Å². The van der Waals surface area contributed by atoms with Crippen LogP contribution in [0.4, 0.5) is 0 Å². The Kier molecular flexibility index (Phi) is 6.78. The summed E-state index contributed by atoms with van der Waals surface area (Å²) in [5.41, 5.74) is 0.455. The molecule has 0 saturated carbocycles. The molecule has 0 amide bonds. The lowest BCUT2D eigenvalue weighted by Crippen LogP contribution is -2.43. The van der Waals surface area contributed by atoms with E-state index in [-0.39, 0.29) is 0 Å². The first kappa shape index (κ1) is 16.9. The van der Waals surface area contributed by atoms with Crippen molar-refractivity contribution in [1.82, 2.24) is 15.1 Å². The van der Waals surface area contributed by atoms with Gasteiger partial charge >= 0.3 is 0 Å². The van der Waals surface area contributed by atoms with Crippen LogP contribution in [0.1, 0.15) is 40.5 Å². The lowest BCUT2D eigenvalue weighted by Gasteiger charge is -2.36. The second-order valence-corrected chi connectivity index (χ2v) is 6.69. The Balaban J connectivity index is 2.60. The summed E-state index contributed by atoms with van der Waals surface area (Å²) < 4.78 is 0. The monoisotopic (exact) mass is 269 g/mol. The van der Waals surface area contributed by atoms with Crippen LogP contribution in [0, 0.1) is 11.3 Å². The average Bonchev–Trinajstić information content (AvgIpc) is 2.75. The summed E-state index contributed by atoms with van der Waals surface area (Å²) in [6, 6.07) is 0.727. The minimum Gasteiger partial charge on any atom is -0.316 e. The van der Waals surface area contributed by atoms with Gasteiger partial charge in [-0.1, -0.05) is 27.7 Å². The van der Waals surface area contributed by atoms with Crippen molar-refractivity contribution in [2.24, 2.45) is 11.3 Å². The molecule has 1 rings (SSSR count). The summed E-state index contributed by atoms with van der Waals surface area (Å²) in [5.74, 6) is 0.792. The van der Waals surface area contributed by atoms with Crippen molar-refractivity contribution in [1.29, 1.82) is 0 Å². The predicted molar refractivity (Wildman–Crippen MR) is 84.6 cm³/mol. The van der Waals surface area contributed by atoms with Gasteiger partial charge in [-0.15, -0.1) is 0 Å². The first-order valence-corrected chi connectivity index (χ1v) is 8.07. The molecule has 1 heterocycles. The zero-order chi connectivity index (χ0) is 14.5. The highest BCUT2D eigenvalue weighted by atomic mass is 15.2. The van der Waals surface area contributed by atoms with Gasteiger partial charge in [-0.25, -0.2) is 0 Å². The van der Waals surface area contributed by atoms with Gasteiger partial charge in [0.1, 0.15) is 0 Å². The molecule has 0 aromatic heterocycles. The minimum atomic E-state index is 0.455. The fourth-order valence-electron chi connectivity index (χ4n) is 3.49. The first-order chi connectivity index (χ1) is 8.98. The number of nitrogens with zero attached hydrogens (tertiary/aromatic N) is 2. The smallest absolute Gasteiger partial charge is 0.0254 e. The Morgan fingerprint density at radius 2 is 1.79 bits per heavy atom. The van der Waals surface area contributed by atoms with Crippen molar-refractivity contribution in [3.8, 4) is 0 Å². The molecule has 2 unspecified atom stereocenters. The van der Waals surface area contributed by atoms with E-state index in [2.05, 4.69) is 56.9 Å². The van der Waals surface area contributed by atoms with E-state index in [9.17, 15) is 0 Å². The fraction of sp³-hybridized carbons (Fsp3) is 1.00. The summed E-state index contributed by atoms with van der Waals surface area (Å²) in [6.07, 6.45) is 2.54. The average molecular weight is 269 g/mol. The van der Waals surface area contributed by atoms with Crippen LogP contribution in [0.25, 0.3) is 0 Å². The molecule has 114 valence electrons. The van der Waals surface area contributed by atoms with E-state index in [0.29, 0.717) is 5.41 Å². The summed E-state index contributed by atoms with van der Waals surface area (Å²) in [6.45, 7) is 15.3. The number of hydrogen-bond acceptors (Lipinski definition) is 3. The van der Waals surface area contributed by atoms with Crippen molar-refractivity contribution in [3.63, 3.8) is 0 Å². The highest BCUT2D eigenvalue weighted by Gasteiger charge is 2.35. The van der Waals surface area contributed by atoms with Crippen LogP contribution in [0.15, 0.2) is 0 Å². The van der Waals surface area contributed by atoms with Gasteiger partial charge in [0.2, 0.25) is 0 Å². The topological polar surface area (TPSA) is 18.5 Å². The van der Waals surface area contributed by atoms with Crippen molar-refractivity contribution < 1.29 is 0 Å². The third-order valence-electron chi connectivity index (χ3n) is 5.12. The van der Waals surface area contributed by atoms with Crippen molar-refractivity contribution in [2.45, 2.75) is 46.6 Å². The van der Waals surface area contributed by atoms with E-state index >= 15 is 0 Å². The number of rotatable bonds is 8. The van der Waals surface area contributed by atoms with Crippen molar-refractivity contribution in [2.75, 3.05) is 46.8 Å². The highest BCUT2D eigenvalue weighted by Crippen LogP contribution is 2.30. The molecule has 1 saturated heterocycles. The van der Waals surface area contributed by atoms with Gasteiger partial charge in [-0.05, 0) is 44.8 Å². The predicted octanol–water partition coefficient (Wildman–Crippen LogP) is 2.28. The normalized spacial score (nSPS) is 25.4. The molecule has 1 fully saturated rings. The Morgan fingerprint density at radius 1 is 1.16 bits per heavy atom. The third kappa shape index (κ3) is 4.44. The number of nitrogens with one attached hydrogen (secondary N) is 1. The molecular weight excluding hydrogens is 234 g/mol. The van der Waals surface area contributed by atoms with Crippen molar-refractivity contribution in [3.05, 3.63) is 0 Å². The third-order valence-corrected chi connectivity index (χ3v) is 5.12. The highest BCUT2D eigenvalue weighted by molar-refractivity contribution is 4.91. The fourth-order valence-corrected chi connectivity index (χ4v) is 3.49. The molecule has 0 aromatic carbocycles. The van der Waals surface area contributed by atoms with Crippen LogP contribution in [-0.2, 0) is 0 Å². The maximum Gasteiger partial charge on any atom is 0.0254 e. The maximum absolute atomic E-state index is 3.57. The van der Waals surface area contributed by atoms with E-state index in [1.807, 2.05) is 0 Å². The summed E-state index contributed by atoms with van der Waals surface area (Å²) >= 11 is 0. The van der Waals surface area contributed by atoms with Crippen LogP contribution in [0.3, 0.4) is 0 Å². The zero-order valence-electron chi connectivity index (χ0n) is 14.0. The van der Waals surface area contributed by atoms with Crippen LogP contribution in [0.2, 0.25) is 0 Å². The van der Waals surface area contributed by atoms with Gasteiger partial charge in [0.15, 0.2) is 0 Å². The summed E-state index contributed by atoms with van der Waals surface area (Å²) in [5, 5.41) is 3.57. The molecule has 1 aliphatic heterocycles. The zero-order valence-corrected chi connectivity index (χ0v) is 14.0. The molecular formula is C16H35N3. The standard InChI is InChI=1S/C16H35N3/c1-7-16(8-2,12-17-9-3)13-19-10-14(4)15(11-19)18(5)6/h14-15,17H,7-13H2,1-6H3. The molecule has 19 heavy (non-hydrogen) atoms. The molecule has 0 aliphatic carbocycles. The molecule has 1 aliphatic rings. The molecule has 0 aromatic rings. The molecule has 0 bridgehead atoms. The molecule has 3 heteroatoms.